The summed E-state index contributed by atoms with van der Waals surface area (Å²) in [6.45, 7) is 2.54. The van der Waals surface area contributed by atoms with E-state index in [-0.39, 0.29) is 0 Å². The van der Waals surface area contributed by atoms with Crippen molar-refractivity contribution in [3.63, 3.8) is 0 Å². The predicted molar refractivity (Wildman–Crippen MR) is 38.5 cm³/mol. The van der Waals surface area contributed by atoms with Crippen LogP contribution in [0.5, 0.6) is 0 Å². The molecule has 0 bridgehead atoms. The van der Waals surface area contributed by atoms with Crippen LogP contribution in [0.3, 0.4) is 0 Å². The number of likely N-dealkylation sites (N-methyl/N-ethyl adjacent to an activating group) is 1. The van der Waals surface area contributed by atoms with Gasteiger partial charge in [-0.15, -0.1) is 0 Å². The lowest BCUT2D eigenvalue weighted by Crippen LogP contribution is -2.36. The number of carbonyl (C=O) groups excluding carboxylic acids is 1. The fraction of sp³-hybridized carbons (Fsp3) is 0.571. The van der Waals surface area contributed by atoms with E-state index in [0.717, 1.165) is 7.05 Å². The third-order valence-electron chi connectivity index (χ3n) is 1.09. The lowest BCUT2D eigenvalue weighted by Gasteiger charge is -2.19. The Kier molecular flexibility index (Phi) is 3.30. The van der Waals surface area contributed by atoms with Crippen molar-refractivity contribution in [3.8, 4) is 0 Å². The summed E-state index contributed by atoms with van der Waals surface area (Å²) >= 11 is 0. The summed E-state index contributed by atoms with van der Waals surface area (Å²) < 4.78 is 36.6. The molecule has 0 saturated heterocycles. The molecule has 0 aliphatic carbocycles. The fourth-order valence-electron chi connectivity index (χ4n) is 0.695. The van der Waals surface area contributed by atoms with Crippen LogP contribution in [0.15, 0.2) is 12.4 Å². The fourth-order valence-corrected chi connectivity index (χ4v) is 0.695. The second kappa shape index (κ2) is 3.60. The van der Waals surface area contributed by atoms with E-state index in [4.69, 9.17) is 0 Å². The van der Waals surface area contributed by atoms with Crippen LogP contribution in [-0.4, -0.2) is 30.3 Å². The van der Waals surface area contributed by atoms with E-state index in [9.17, 15) is 18.0 Å². The summed E-state index contributed by atoms with van der Waals surface area (Å²) in [6, 6.07) is 0. The van der Waals surface area contributed by atoms with Crippen molar-refractivity contribution in [1.29, 1.82) is 0 Å². The first-order chi connectivity index (χ1) is 5.24. The lowest BCUT2D eigenvalue weighted by atomic mass is 10.3. The average molecular weight is 181 g/mol. The number of hydrogen-bond donors (Lipinski definition) is 0. The van der Waals surface area contributed by atoms with Crippen LogP contribution >= 0.6 is 0 Å². The van der Waals surface area contributed by atoms with Gasteiger partial charge in [0.05, 0.1) is 6.54 Å². The standard InChI is InChI=1S/C7H10F3NO/c1-5(8)6(12)11(3)4-7(2,9)10/h1,4H2,2-3H3. The first-order valence-electron chi connectivity index (χ1n) is 3.22. The second-order valence-electron chi connectivity index (χ2n) is 2.64. The van der Waals surface area contributed by atoms with Crippen LogP contribution in [0, 0.1) is 0 Å². The average Bonchev–Trinajstić information content (AvgIpc) is 1.82. The smallest absolute Gasteiger partial charge is 0.281 e. The third-order valence-corrected chi connectivity index (χ3v) is 1.09. The van der Waals surface area contributed by atoms with E-state index < -0.39 is 24.2 Å². The Morgan fingerprint density at radius 1 is 1.58 bits per heavy atom. The monoisotopic (exact) mass is 181 g/mol. The van der Waals surface area contributed by atoms with Crippen LogP contribution < -0.4 is 0 Å². The maximum atomic E-state index is 12.3. The molecule has 0 aliphatic heterocycles. The number of nitrogens with zero attached hydrogens (tertiary/aromatic N) is 1. The molecule has 0 fully saturated rings. The molecule has 5 heteroatoms. The molecule has 0 aromatic rings. The molecule has 2 nitrogen and oxygen atoms in total. The van der Waals surface area contributed by atoms with E-state index in [1.807, 2.05) is 0 Å². The van der Waals surface area contributed by atoms with Gasteiger partial charge in [0.15, 0.2) is 5.83 Å². The van der Waals surface area contributed by atoms with Crippen molar-refractivity contribution in [1.82, 2.24) is 4.90 Å². The molecular formula is C7H10F3NO. The molecule has 0 aliphatic rings. The van der Waals surface area contributed by atoms with E-state index in [2.05, 4.69) is 6.58 Å². The van der Waals surface area contributed by atoms with Crippen molar-refractivity contribution in [2.24, 2.45) is 0 Å². The molecule has 0 aromatic carbocycles. The maximum absolute atomic E-state index is 12.3. The van der Waals surface area contributed by atoms with Gasteiger partial charge in [-0.3, -0.25) is 4.79 Å². The van der Waals surface area contributed by atoms with Crippen molar-refractivity contribution in [2.75, 3.05) is 13.6 Å². The third kappa shape index (κ3) is 4.00. The summed E-state index contributed by atoms with van der Waals surface area (Å²) in [6.07, 6.45) is 0. The highest BCUT2D eigenvalue weighted by Gasteiger charge is 2.26. The van der Waals surface area contributed by atoms with Gasteiger partial charge in [0.25, 0.3) is 11.8 Å². The van der Waals surface area contributed by atoms with E-state index in [1.54, 1.807) is 0 Å². The molecule has 0 radical (unpaired) electrons. The van der Waals surface area contributed by atoms with Crippen molar-refractivity contribution >= 4 is 5.91 Å². The molecule has 1 amide bonds. The Balaban J connectivity index is 4.14. The Hall–Kier alpha value is -1.00. The summed E-state index contributed by atoms with van der Waals surface area (Å²) in [5.74, 6) is -5.36. The molecule has 12 heavy (non-hydrogen) atoms. The van der Waals surface area contributed by atoms with Gasteiger partial charge in [0.2, 0.25) is 0 Å². The van der Waals surface area contributed by atoms with E-state index >= 15 is 0 Å². The Morgan fingerprint density at radius 3 is 2.25 bits per heavy atom. The van der Waals surface area contributed by atoms with Crippen LogP contribution in [0.4, 0.5) is 13.2 Å². The lowest BCUT2D eigenvalue weighted by molar-refractivity contribution is -0.131. The summed E-state index contributed by atoms with van der Waals surface area (Å²) in [5.41, 5.74) is 0. The molecule has 0 spiro atoms. The van der Waals surface area contributed by atoms with E-state index in [1.165, 1.54) is 0 Å². The molecule has 0 aromatic heterocycles. The van der Waals surface area contributed by atoms with Gasteiger partial charge >= 0.3 is 0 Å². The molecule has 0 heterocycles. The highest BCUT2D eigenvalue weighted by Crippen LogP contribution is 2.13. The van der Waals surface area contributed by atoms with Crippen molar-refractivity contribution < 1.29 is 18.0 Å². The molecule has 0 rings (SSSR count). The Morgan fingerprint density at radius 2 is 2.00 bits per heavy atom. The van der Waals surface area contributed by atoms with Gasteiger partial charge in [-0.25, -0.2) is 13.2 Å². The minimum Gasteiger partial charge on any atom is -0.334 e. The summed E-state index contributed by atoms with van der Waals surface area (Å²) in [7, 11) is 1.09. The van der Waals surface area contributed by atoms with Gasteiger partial charge in [0, 0.05) is 14.0 Å². The Labute approximate surface area is 68.7 Å². The van der Waals surface area contributed by atoms with Crippen LogP contribution in [0.25, 0.3) is 0 Å². The van der Waals surface area contributed by atoms with Gasteiger partial charge in [-0.05, 0) is 0 Å². The SMILES string of the molecule is C=C(F)C(=O)N(C)CC(C)(F)F. The highest BCUT2D eigenvalue weighted by atomic mass is 19.3. The van der Waals surface area contributed by atoms with Gasteiger partial charge in [-0.1, -0.05) is 6.58 Å². The molecule has 0 saturated carbocycles. The van der Waals surface area contributed by atoms with Gasteiger partial charge < -0.3 is 4.90 Å². The molecule has 70 valence electrons. The molecule has 0 unspecified atom stereocenters. The van der Waals surface area contributed by atoms with Crippen LogP contribution in [0.2, 0.25) is 0 Å². The molecule has 0 N–H and O–H groups in total. The number of halogens is 3. The van der Waals surface area contributed by atoms with Crippen LogP contribution in [-0.2, 0) is 4.79 Å². The number of amides is 1. The zero-order valence-corrected chi connectivity index (χ0v) is 6.90. The first kappa shape index (κ1) is 11.0. The predicted octanol–water partition coefficient (Wildman–Crippen LogP) is 1.58. The zero-order valence-electron chi connectivity index (χ0n) is 6.90. The second-order valence-corrected chi connectivity index (χ2v) is 2.64. The molecule has 0 atom stereocenters. The maximum Gasteiger partial charge on any atom is 0.281 e. The number of rotatable bonds is 3. The Bertz CT molecular complexity index is 197. The topological polar surface area (TPSA) is 20.3 Å². The quantitative estimate of drug-likeness (QED) is 0.605. The number of alkyl halides is 2. The number of carbonyl (C=O) groups is 1. The first-order valence-corrected chi connectivity index (χ1v) is 3.22. The zero-order chi connectivity index (χ0) is 9.94. The minimum atomic E-state index is -3.01. The van der Waals surface area contributed by atoms with Crippen LogP contribution in [0.1, 0.15) is 6.92 Å². The van der Waals surface area contributed by atoms with Gasteiger partial charge in [-0.2, -0.15) is 0 Å². The van der Waals surface area contributed by atoms with Gasteiger partial charge in [0.1, 0.15) is 0 Å². The van der Waals surface area contributed by atoms with Crippen molar-refractivity contribution in [3.05, 3.63) is 12.4 Å². The minimum absolute atomic E-state index is 0.586. The van der Waals surface area contributed by atoms with Crippen molar-refractivity contribution in [2.45, 2.75) is 12.8 Å². The normalized spacial score (nSPS) is 11.1. The summed E-state index contributed by atoms with van der Waals surface area (Å²) in [5, 5.41) is 0. The summed E-state index contributed by atoms with van der Waals surface area (Å²) in [4.78, 5) is 11.2. The van der Waals surface area contributed by atoms with E-state index in [0.29, 0.717) is 11.8 Å². The largest absolute Gasteiger partial charge is 0.334 e. The highest BCUT2D eigenvalue weighted by molar-refractivity contribution is 5.90. The molecular weight excluding hydrogens is 171 g/mol. The number of hydrogen-bond acceptors (Lipinski definition) is 1.